The van der Waals surface area contributed by atoms with Crippen LogP contribution >= 0.6 is 11.6 Å². The van der Waals surface area contributed by atoms with E-state index >= 15 is 0 Å². The average Bonchev–Trinajstić information content (AvgIpc) is 2.90. The largest absolute Gasteiger partial charge is 0.492 e. The van der Waals surface area contributed by atoms with E-state index in [1.807, 2.05) is 51.1 Å². The molecule has 0 aliphatic carbocycles. The van der Waals surface area contributed by atoms with Crippen LogP contribution in [0, 0.1) is 0 Å². The van der Waals surface area contributed by atoms with Crippen molar-refractivity contribution >= 4 is 39.1 Å². The molecule has 0 spiro atoms. The van der Waals surface area contributed by atoms with E-state index in [0.717, 1.165) is 21.7 Å². The van der Waals surface area contributed by atoms with Crippen molar-refractivity contribution in [2.75, 3.05) is 23.7 Å². The van der Waals surface area contributed by atoms with Crippen LogP contribution in [-0.4, -0.2) is 56.1 Å². The Hall–Kier alpha value is -3.56. The van der Waals surface area contributed by atoms with Crippen LogP contribution in [0.2, 0.25) is 5.02 Å². The molecule has 0 heterocycles. The number of nitrogens with zero attached hydrogens (tertiary/aromatic N) is 2. The van der Waals surface area contributed by atoms with Gasteiger partial charge in [0.25, 0.3) is 0 Å². The minimum atomic E-state index is -3.91. The molecular weight excluding hydrogens is 562 g/mol. The number of anilines is 1. The summed E-state index contributed by atoms with van der Waals surface area (Å²) in [5, 5.41) is 3.54. The topological polar surface area (TPSA) is 96.0 Å². The van der Waals surface area contributed by atoms with Crippen LogP contribution < -0.4 is 14.4 Å². The van der Waals surface area contributed by atoms with Gasteiger partial charge in [-0.1, -0.05) is 66.2 Å². The number of hydrogen-bond acceptors (Lipinski definition) is 5. The maximum Gasteiger partial charge on any atom is 0.244 e. The van der Waals surface area contributed by atoms with Gasteiger partial charge in [0.15, 0.2) is 0 Å². The predicted octanol–water partition coefficient (Wildman–Crippen LogP) is 5.06. The Bertz CT molecular complexity index is 1420. The molecule has 3 aromatic rings. The third-order valence-corrected chi connectivity index (χ3v) is 7.53. The van der Waals surface area contributed by atoms with Gasteiger partial charge in [0.1, 0.15) is 18.3 Å². The lowest BCUT2D eigenvalue weighted by molar-refractivity contribution is -0.140. The van der Waals surface area contributed by atoms with Gasteiger partial charge < -0.3 is 15.0 Å². The first-order chi connectivity index (χ1) is 19.3. The predicted molar refractivity (Wildman–Crippen MR) is 164 cm³/mol. The Kier molecular flexibility index (Phi) is 10.8. The highest BCUT2D eigenvalue weighted by molar-refractivity contribution is 7.92. The van der Waals surface area contributed by atoms with Gasteiger partial charge in [-0.25, -0.2) is 8.42 Å². The van der Waals surface area contributed by atoms with Crippen LogP contribution in [0.4, 0.5) is 5.69 Å². The number of sulfonamides is 1. The number of ether oxygens (including phenoxy) is 1. The average molecular weight is 600 g/mol. The van der Waals surface area contributed by atoms with Crippen LogP contribution in [0.3, 0.4) is 0 Å². The number of benzene rings is 3. The van der Waals surface area contributed by atoms with E-state index in [2.05, 4.69) is 5.32 Å². The summed E-state index contributed by atoms with van der Waals surface area (Å²) in [6, 6.07) is 22.1. The van der Waals surface area contributed by atoms with Gasteiger partial charge >= 0.3 is 0 Å². The second-order valence-electron chi connectivity index (χ2n) is 10.8. The first-order valence-corrected chi connectivity index (χ1v) is 15.6. The molecule has 0 saturated heterocycles. The molecule has 2 amide bonds. The molecule has 10 heteroatoms. The van der Waals surface area contributed by atoms with Gasteiger partial charge in [-0.3, -0.25) is 13.9 Å². The van der Waals surface area contributed by atoms with Crippen molar-refractivity contribution in [3.63, 3.8) is 0 Å². The monoisotopic (exact) mass is 599 g/mol. The van der Waals surface area contributed by atoms with Gasteiger partial charge in [0, 0.05) is 23.5 Å². The number of hydrogen-bond donors (Lipinski definition) is 1. The van der Waals surface area contributed by atoms with Crippen LogP contribution in [0.25, 0.3) is 0 Å². The second-order valence-corrected chi connectivity index (χ2v) is 13.1. The highest BCUT2D eigenvalue weighted by Crippen LogP contribution is 2.30. The lowest BCUT2D eigenvalue weighted by atomic mass is 10.0. The number of carbonyl (C=O) groups excluding carboxylic acids is 2. The number of nitrogens with one attached hydrogen (secondary N) is 1. The summed E-state index contributed by atoms with van der Waals surface area (Å²) in [5.41, 5.74) is 1.29. The van der Waals surface area contributed by atoms with Crippen LogP contribution in [0.1, 0.15) is 38.8 Å². The fraction of sp³-hybridized carbons (Fsp3) is 0.355. The molecule has 0 aromatic heterocycles. The van der Waals surface area contributed by atoms with Gasteiger partial charge in [0.2, 0.25) is 21.8 Å². The van der Waals surface area contributed by atoms with E-state index in [0.29, 0.717) is 17.4 Å². The molecule has 0 unspecified atom stereocenters. The number of carbonyl (C=O) groups is 2. The molecule has 0 aliphatic rings. The summed E-state index contributed by atoms with van der Waals surface area (Å²) in [5.74, 6) is -0.547. The quantitative estimate of drug-likeness (QED) is 0.314. The van der Waals surface area contributed by atoms with Crippen LogP contribution in [0.5, 0.6) is 5.75 Å². The molecular formula is C31H38ClN3O5S. The van der Waals surface area contributed by atoms with E-state index in [-0.39, 0.29) is 24.6 Å². The minimum absolute atomic E-state index is 0.0653. The summed E-state index contributed by atoms with van der Waals surface area (Å²) < 4.78 is 32.8. The highest BCUT2D eigenvalue weighted by atomic mass is 35.5. The molecule has 8 nitrogen and oxygen atoms in total. The zero-order chi connectivity index (χ0) is 30.2. The third-order valence-electron chi connectivity index (χ3n) is 6.15. The fourth-order valence-corrected chi connectivity index (χ4v) is 5.31. The third kappa shape index (κ3) is 9.50. The Balaban J connectivity index is 2.09. The molecule has 3 aromatic carbocycles. The molecule has 3 rings (SSSR count). The van der Waals surface area contributed by atoms with Crippen molar-refractivity contribution in [2.24, 2.45) is 0 Å². The Morgan fingerprint density at radius 2 is 1.54 bits per heavy atom. The van der Waals surface area contributed by atoms with Crippen molar-refractivity contribution in [3.8, 4) is 5.75 Å². The van der Waals surface area contributed by atoms with Gasteiger partial charge in [-0.15, -0.1) is 0 Å². The molecule has 0 bridgehead atoms. The van der Waals surface area contributed by atoms with Gasteiger partial charge in [0.05, 0.1) is 18.6 Å². The SMILES string of the molecule is CCOc1ccccc1N(CC(=O)N(Cc1ccc(Cl)cc1)[C@@H](Cc1ccccc1)C(=O)NC(C)(C)C)S(C)(=O)=O. The van der Waals surface area contributed by atoms with Crippen molar-refractivity contribution in [3.05, 3.63) is 95.0 Å². The summed E-state index contributed by atoms with van der Waals surface area (Å²) in [7, 11) is -3.91. The van der Waals surface area contributed by atoms with Gasteiger partial charge in [-0.05, 0) is 63.1 Å². The number of amides is 2. The molecule has 1 N–H and O–H groups in total. The summed E-state index contributed by atoms with van der Waals surface area (Å²) in [4.78, 5) is 29.4. The molecule has 0 aliphatic heterocycles. The lowest BCUT2D eigenvalue weighted by Crippen LogP contribution is -2.56. The number of rotatable bonds is 12. The normalized spacial score (nSPS) is 12.3. The summed E-state index contributed by atoms with van der Waals surface area (Å²) in [6.45, 7) is 7.25. The molecule has 1 atom stereocenters. The molecule has 0 radical (unpaired) electrons. The standard InChI is InChI=1S/C31H38ClN3O5S/c1-6-40-28-15-11-10-14-26(28)35(41(5,38)39)22-29(36)34(21-24-16-18-25(32)19-17-24)27(30(37)33-31(2,3)4)20-23-12-8-7-9-13-23/h7-19,27H,6,20-22H2,1-5H3,(H,33,37)/t27-/m0/s1. The Morgan fingerprint density at radius 3 is 2.12 bits per heavy atom. The molecule has 0 saturated carbocycles. The maximum atomic E-state index is 14.2. The smallest absolute Gasteiger partial charge is 0.244 e. The fourth-order valence-electron chi connectivity index (χ4n) is 4.33. The molecule has 41 heavy (non-hydrogen) atoms. The zero-order valence-electron chi connectivity index (χ0n) is 24.1. The van der Waals surface area contributed by atoms with Gasteiger partial charge in [-0.2, -0.15) is 0 Å². The summed E-state index contributed by atoms with van der Waals surface area (Å²) >= 11 is 6.10. The minimum Gasteiger partial charge on any atom is -0.492 e. The van der Waals surface area contributed by atoms with Crippen molar-refractivity contribution in [1.82, 2.24) is 10.2 Å². The van der Waals surface area contributed by atoms with E-state index in [4.69, 9.17) is 16.3 Å². The number of halogens is 1. The molecule has 0 fully saturated rings. The van der Waals surface area contributed by atoms with E-state index < -0.39 is 34.1 Å². The highest BCUT2D eigenvalue weighted by Gasteiger charge is 2.34. The van der Waals surface area contributed by atoms with Crippen LogP contribution in [0.15, 0.2) is 78.9 Å². The van der Waals surface area contributed by atoms with Crippen molar-refractivity contribution in [2.45, 2.75) is 52.2 Å². The second kappa shape index (κ2) is 13.9. The van der Waals surface area contributed by atoms with Crippen molar-refractivity contribution in [1.29, 1.82) is 0 Å². The van der Waals surface area contributed by atoms with Crippen molar-refractivity contribution < 1.29 is 22.7 Å². The first kappa shape index (κ1) is 32.0. The van der Waals surface area contributed by atoms with E-state index in [1.165, 1.54) is 4.90 Å². The molecule has 220 valence electrons. The number of para-hydroxylation sites is 2. The first-order valence-electron chi connectivity index (χ1n) is 13.4. The van der Waals surface area contributed by atoms with E-state index in [1.54, 1.807) is 55.5 Å². The lowest BCUT2D eigenvalue weighted by Gasteiger charge is -2.35. The summed E-state index contributed by atoms with van der Waals surface area (Å²) in [6.07, 6.45) is 1.27. The zero-order valence-corrected chi connectivity index (χ0v) is 25.7. The Labute approximate surface area is 248 Å². The maximum absolute atomic E-state index is 14.2. The van der Waals surface area contributed by atoms with Crippen LogP contribution in [-0.2, 0) is 32.6 Å². The van der Waals surface area contributed by atoms with E-state index in [9.17, 15) is 18.0 Å². The Morgan fingerprint density at radius 1 is 0.927 bits per heavy atom.